The Morgan fingerprint density at radius 3 is 2.33 bits per heavy atom. The zero-order valence-corrected chi connectivity index (χ0v) is 12.4. The maximum atomic E-state index is 6.26. The third-order valence-electron chi connectivity index (χ3n) is 5.02. The lowest BCUT2D eigenvalue weighted by Crippen LogP contribution is -2.41. The van der Waals surface area contributed by atoms with Gasteiger partial charge >= 0.3 is 0 Å². The summed E-state index contributed by atoms with van der Waals surface area (Å²) in [5.74, 6) is 1.60. The van der Waals surface area contributed by atoms with E-state index in [4.69, 9.17) is 5.73 Å². The fraction of sp³-hybridized carbons (Fsp3) is 1.00. The van der Waals surface area contributed by atoms with Crippen molar-refractivity contribution < 1.29 is 0 Å². The summed E-state index contributed by atoms with van der Waals surface area (Å²) in [7, 11) is 0. The second kappa shape index (κ2) is 6.91. The van der Waals surface area contributed by atoms with Gasteiger partial charge in [-0.25, -0.2) is 0 Å². The van der Waals surface area contributed by atoms with Gasteiger partial charge in [0, 0.05) is 18.6 Å². The first kappa shape index (κ1) is 14.3. The van der Waals surface area contributed by atoms with E-state index in [1.54, 1.807) is 0 Å². The molecule has 0 amide bonds. The highest BCUT2D eigenvalue weighted by atomic mass is 15.2. The monoisotopic (exact) mass is 252 g/mol. The smallest absolute Gasteiger partial charge is 0.00953 e. The highest BCUT2D eigenvalue weighted by Crippen LogP contribution is 2.29. The van der Waals surface area contributed by atoms with E-state index in [2.05, 4.69) is 18.7 Å². The fourth-order valence-electron chi connectivity index (χ4n) is 3.71. The highest BCUT2D eigenvalue weighted by Gasteiger charge is 2.29. The van der Waals surface area contributed by atoms with E-state index in [1.807, 2.05) is 0 Å². The SMILES string of the molecule is CC(C)CCN(CC1CCCC1N)C1CCCC1. The van der Waals surface area contributed by atoms with E-state index in [0.29, 0.717) is 6.04 Å². The van der Waals surface area contributed by atoms with E-state index in [1.165, 1.54) is 64.5 Å². The molecule has 2 unspecified atom stereocenters. The lowest BCUT2D eigenvalue weighted by atomic mass is 10.0. The third kappa shape index (κ3) is 3.96. The number of hydrogen-bond acceptors (Lipinski definition) is 2. The van der Waals surface area contributed by atoms with Gasteiger partial charge in [-0.1, -0.05) is 33.1 Å². The van der Waals surface area contributed by atoms with Gasteiger partial charge in [0.25, 0.3) is 0 Å². The Bertz CT molecular complexity index is 233. The van der Waals surface area contributed by atoms with E-state index >= 15 is 0 Å². The van der Waals surface area contributed by atoms with Crippen LogP contribution in [0.25, 0.3) is 0 Å². The lowest BCUT2D eigenvalue weighted by molar-refractivity contribution is 0.155. The topological polar surface area (TPSA) is 29.3 Å². The Morgan fingerprint density at radius 1 is 1.06 bits per heavy atom. The van der Waals surface area contributed by atoms with Gasteiger partial charge in [-0.2, -0.15) is 0 Å². The van der Waals surface area contributed by atoms with Gasteiger partial charge in [0.05, 0.1) is 0 Å². The van der Waals surface area contributed by atoms with Crippen molar-refractivity contribution in [1.29, 1.82) is 0 Å². The molecule has 106 valence electrons. The van der Waals surface area contributed by atoms with Crippen LogP contribution in [0.1, 0.15) is 65.2 Å². The van der Waals surface area contributed by atoms with Crippen LogP contribution in [0.4, 0.5) is 0 Å². The summed E-state index contributed by atoms with van der Waals surface area (Å²) in [4.78, 5) is 2.79. The largest absolute Gasteiger partial charge is 0.327 e. The van der Waals surface area contributed by atoms with E-state index in [-0.39, 0.29) is 0 Å². The molecule has 2 fully saturated rings. The van der Waals surface area contributed by atoms with Crippen molar-refractivity contribution in [2.45, 2.75) is 77.3 Å². The Hall–Kier alpha value is -0.0800. The second-order valence-electron chi connectivity index (χ2n) is 6.97. The third-order valence-corrected chi connectivity index (χ3v) is 5.02. The van der Waals surface area contributed by atoms with Crippen molar-refractivity contribution in [3.05, 3.63) is 0 Å². The molecule has 0 aromatic rings. The fourth-order valence-corrected chi connectivity index (χ4v) is 3.71. The van der Waals surface area contributed by atoms with Gasteiger partial charge in [-0.15, -0.1) is 0 Å². The van der Waals surface area contributed by atoms with Crippen molar-refractivity contribution in [1.82, 2.24) is 4.90 Å². The summed E-state index contributed by atoms with van der Waals surface area (Å²) in [5.41, 5.74) is 6.26. The Labute approximate surface area is 113 Å². The Kier molecular flexibility index (Phi) is 5.50. The van der Waals surface area contributed by atoms with Gasteiger partial charge in [0.15, 0.2) is 0 Å². The summed E-state index contributed by atoms with van der Waals surface area (Å²) in [6, 6.07) is 1.35. The molecule has 0 radical (unpaired) electrons. The first-order valence-corrected chi connectivity index (χ1v) is 8.16. The maximum absolute atomic E-state index is 6.26. The molecule has 2 nitrogen and oxygen atoms in total. The van der Waals surface area contributed by atoms with Crippen LogP contribution in [0, 0.1) is 11.8 Å². The molecule has 0 saturated heterocycles. The minimum atomic E-state index is 0.480. The van der Waals surface area contributed by atoms with E-state index in [0.717, 1.165) is 17.9 Å². The minimum absolute atomic E-state index is 0.480. The molecule has 2 atom stereocenters. The maximum Gasteiger partial charge on any atom is 0.00953 e. The quantitative estimate of drug-likeness (QED) is 0.785. The predicted molar refractivity (Wildman–Crippen MR) is 78.6 cm³/mol. The molecule has 0 aromatic carbocycles. The molecule has 2 aliphatic carbocycles. The standard InChI is InChI=1S/C16H32N2/c1-13(2)10-11-18(15-7-3-4-8-15)12-14-6-5-9-16(14)17/h13-16H,3-12,17H2,1-2H3. The number of rotatable bonds is 6. The van der Waals surface area contributed by atoms with Gasteiger partial charge in [0.1, 0.15) is 0 Å². The number of hydrogen-bond donors (Lipinski definition) is 1. The van der Waals surface area contributed by atoms with Crippen LogP contribution >= 0.6 is 0 Å². The lowest BCUT2D eigenvalue weighted by Gasteiger charge is -2.33. The predicted octanol–water partition coefficient (Wildman–Crippen LogP) is 3.40. The van der Waals surface area contributed by atoms with Crippen LogP contribution in [-0.2, 0) is 0 Å². The van der Waals surface area contributed by atoms with Gasteiger partial charge in [-0.3, -0.25) is 0 Å². The minimum Gasteiger partial charge on any atom is -0.327 e. The molecule has 2 N–H and O–H groups in total. The molecule has 2 heteroatoms. The summed E-state index contributed by atoms with van der Waals surface area (Å²) in [6.07, 6.45) is 11.1. The molecule has 0 spiro atoms. The first-order chi connectivity index (χ1) is 8.66. The molecule has 2 saturated carbocycles. The molecule has 0 bridgehead atoms. The molecule has 2 aliphatic rings. The zero-order chi connectivity index (χ0) is 13.0. The van der Waals surface area contributed by atoms with Crippen LogP contribution in [0.5, 0.6) is 0 Å². The summed E-state index contributed by atoms with van der Waals surface area (Å²) < 4.78 is 0. The van der Waals surface area contributed by atoms with Crippen molar-refractivity contribution in [3.8, 4) is 0 Å². The first-order valence-electron chi connectivity index (χ1n) is 8.16. The van der Waals surface area contributed by atoms with Crippen LogP contribution in [0.3, 0.4) is 0 Å². The van der Waals surface area contributed by atoms with Crippen LogP contribution in [0.2, 0.25) is 0 Å². The summed E-state index contributed by atoms with van der Waals surface area (Å²) in [5, 5.41) is 0. The second-order valence-corrected chi connectivity index (χ2v) is 6.97. The van der Waals surface area contributed by atoms with Gasteiger partial charge < -0.3 is 10.6 Å². The molecule has 0 aromatic heterocycles. The van der Waals surface area contributed by atoms with Gasteiger partial charge in [0.2, 0.25) is 0 Å². The van der Waals surface area contributed by atoms with Crippen molar-refractivity contribution in [3.63, 3.8) is 0 Å². The zero-order valence-electron chi connectivity index (χ0n) is 12.4. The average Bonchev–Trinajstić information content (AvgIpc) is 2.96. The summed E-state index contributed by atoms with van der Waals surface area (Å²) in [6.45, 7) is 7.26. The van der Waals surface area contributed by atoms with E-state index < -0.39 is 0 Å². The van der Waals surface area contributed by atoms with Gasteiger partial charge in [-0.05, 0) is 50.5 Å². The Morgan fingerprint density at radius 2 is 1.78 bits per heavy atom. The molecule has 0 aliphatic heterocycles. The van der Waals surface area contributed by atoms with Crippen LogP contribution < -0.4 is 5.73 Å². The molecular formula is C16H32N2. The molecular weight excluding hydrogens is 220 g/mol. The highest BCUT2D eigenvalue weighted by molar-refractivity contribution is 4.86. The number of nitrogens with two attached hydrogens (primary N) is 1. The van der Waals surface area contributed by atoms with E-state index in [9.17, 15) is 0 Å². The molecule has 18 heavy (non-hydrogen) atoms. The van der Waals surface area contributed by atoms with Crippen molar-refractivity contribution in [2.75, 3.05) is 13.1 Å². The van der Waals surface area contributed by atoms with Crippen LogP contribution in [0.15, 0.2) is 0 Å². The van der Waals surface area contributed by atoms with Crippen molar-refractivity contribution in [2.24, 2.45) is 17.6 Å². The summed E-state index contributed by atoms with van der Waals surface area (Å²) >= 11 is 0. The average molecular weight is 252 g/mol. The number of nitrogens with zero attached hydrogens (tertiary/aromatic N) is 1. The molecule has 0 heterocycles. The normalized spacial score (nSPS) is 29.8. The Balaban J connectivity index is 1.86. The molecule has 2 rings (SSSR count). The van der Waals surface area contributed by atoms with Crippen LogP contribution in [-0.4, -0.2) is 30.1 Å². The van der Waals surface area contributed by atoms with Crippen molar-refractivity contribution >= 4 is 0 Å².